The number of phenols is 1. The molecule has 1 aliphatic rings. The average Bonchev–Trinajstić information content (AvgIpc) is 2.75. The lowest BCUT2D eigenvalue weighted by Gasteiger charge is -2.26. The van der Waals surface area contributed by atoms with Crippen LogP contribution in [0.15, 0.2) is 53.0 Å². The molecule has 1 heterocycles. The molecule has 0 unspecified atom stereocenters. The maximum absolute atomic E-state index is 10.5. The van der Waals surface area contributed by atoms with E-state index < -0.39 is 0 Å². The molecule has 4 aromatic rings. The summed E-state index contributed by atoms with van der Waals surface area (Å²) >= 11 is 3.54. The third kappa shape index (κ3) is 3.14. The van der Waals surface area contributed by atoms with Crippen LogP contribution in [-0.4, -0.2) is 16.7 Å². The number of aryl methyl sites for hydroxylation is 1. The summed E-state index contributed by atoms with van der Waals surface area (Å²) in [4.78, 5) is 5.09. The zero-order chi connectivity index (χ0) is 20.8. The molecule has 0 fully saturated rings. The summed E-state index contributed by atoms with van der Waals surface area (Å²) in [5.41, 5.74) is 5.84. The van der Waals surface area contributed by atoms with Gasteiger partial charge in [0.05, 0.1) is 16.6 Å². The lowest BCUT2D eigenvalue weighted by Crippen LogP contribution is -2.14. The van der Waals surface area contributed by atoms with Gasteiger partial charge in [-0.05, 0) is 93.7 Å². The Kier molecular flexibility index (Phi) is 4.90. The molecule has 1 atom stereocenters. The molecule has 1 aromatic heterocycles. The molecule has 1 aliphatic carbocycles. The Morgan fingerprint density at radius 3 is 2.83 bits per heavy atom. The molecule has 0 amide bonds. The molecule has 0 bridgehead atoms. The minimum absolute atomic E-state index is 0.144. The van der Waals surface area contributed by atoms with Crippen molar-refractivity contribution in [2.24, 2.45) is 5.92 Å². The molecule has 0 spiro atoms. The van der Waals surface area contributed by atoms with Crippen LogP contribution in [0.2, 0.25) is 0 Å². The van der Waals surface area contributed by atoms with E-state index in [1.807, 2.05) is 19.1 Å². The number of hydrogen-bond donors (Lipinski definition) is 1. The highest BCUT2D eigenvalue weighted by molar-refractivity contribution is 9.10. The van der Waals surface area contributed by atoms with Gasteiger partial charge in [0.2, 0.25) is 0 Å². The lowest BCUT2D eigenvalue weighted by molar-refractivity contribution is 0.317. The number of aromatic hydroxyl groups is 1. The van der Waals surface area contributed by atoms with E-state index in [4.69, 9.17) is 9.72 Å². The quantitative estimate of drug-likeness (QED) is 0.332. The van der Waals surface area contributed by atoms with E-state index in [2.05, 4.69) is 59.3 Å². The van der Waals surface area contributed by atoms with Crippen molar-refractivity contribution in [2.75, 3.05) is 6.61 Å². The number of pyridine rings is 1. The van der Waals surface area contributed by atoms with E-state index in [0.717, 1.165) is 23.9 Å². The number of ether oxygens (including phenoxy) is 1. The zero-order valence-corrected chi connectivity index (χ0v) is 18.8. The van der Waals surface area contributed by atoms with Crippen LogP contribution >= 0.6 is 15.9 Å². The van der Waals surface area contributed by atoms with Crippen LogP contribution in [0.25, 0.3) is 32.8 Å². The van der Waals surface area contributed by atoms with Gasteiger partial charge in [-0.3, -0.25) is 4.98 Å². The van der Waals surface area contributed by atoms with E-state index in [1.54, 1.807) is 0 Å². The van der Waals surface area contributed by atoms with E-state index in [9.17, 15) is 5.11 Å². The monoisotopic (exact) mass is 461 g/mol. The number of nitrogens with zero attached hydrogens (tertiary/aromatic N) is 1. The highest BCUT2D eigenvalue weighted by Gasteiger charge is 2.25. The van der Waals surface area contributed by atoms with Crippen molar-refractivity contribution in [2.45, 2.75) is 33.1 Å². The fourth-order valence-corrected chi connectivity index (χ4v) is 5.13. The fraction of sp³-hybridized carbons (Fsp3) is 0.269. The second-order valence-corrected chi connectivity index (χ2v) is 9.03. The molecule has 0 radical (unpaired) electrons. The molecule has 1 N–H and O–H groups in total. The molecule has 3 aromatic carbocycles. The molecule has 4 heteroatoms. The Hall–Kier alpha value is -2.59. The minimum atomic E-state index is 0.144. The average molecular weight is 462 g/mol. The maximum Gasteiger partial charge on any atom is 0.172 e. The maximum atomic E-state index is 10.5. The van der Waals surface area contributed by atoms with Crippen molar-refractivity contribution in [1.82, 2.24) is 4.98 Å². The molecular formula is C26H24BrNO2. The number of fused-ring (bicyclic) bond motifs is 4. The number of rotatable bonds is 3. The predicted molar refractivity (Wildman–Crippen MR) is 126 cm³/mol. The Labute approximate surface area is 184 Å². The summed E-state index contributed by atoms with van der Waals surface area (Å²) in [5, 5.41) is 14.1. The van der Waals surface area contributed by atoms with Crippen molar-refractivity contribution in [3.8, 4) is 22.6 Å². The first kappa shape index (κ1) is 19.4. The lowest BCUT2D eigenvalue weighted by atomic mass is 9.81. The normalized spacial score (nSPS) is 16.0. The largest absolute Gasteiger partial charge is 0.503 e. The molecule has 30 heavy (non-hydrogen) atoms. The van der Waals surface area contributed by atoms with Crippen LogP contribution in [0.3, 0.4) is 0 Å². The predicted octanol–water partition coefficient (Wildman–Crippen LogP) is 7.05. The van der Waals surface area contributed by atoms with Gasteiger partial charge in [0, 0.05) is 11.1 Å². The SMILES string of the molecule is CCOc1cc(-c2c3c(nc4ccc5ccccc5c24)CC[C@H](C)C3)cc(Br)c1O. The number of aromatic nitrogens is 1. The summed E-state index contributed by atoms with van der Waals surface area (Å²) in [6.07, 6.45) is 3.19. The molecule has 0 saturated heterocycles. The second-order valence-electron chi connectivity index (χ2n) is 8.18. The summed E-state index contributed by atoms with van der Waals surface area (Å²) in [5.74, 6) is 1.27. The molecule has 5 rings (SSSR count). The standard InChI is InChI=1S/C26H24BrNO2/c1-3-30-23-14-17(13-20(27)26(23)29)24-19-12-15(2)8-10-21(19)28-22-11-9-16-6-4-5-7-18(16)25(22)24/h4-7,9,11,13-15,29H,3,8,10,12H2,1-2H3/t15-/m0/s1. The van der Waals surface area contributed by atoms with Gasteiger partial charge in [-0.1, -0.05) is 37.3 Å². The van der Waals surface area contributed by atoms with Crippen LogP contribution in [0.1, 0.15) is 31.5 Å². The highest BCUT2D eigenvalue weighted by atomic mass is 79.9. The van der Waals surface area contributed by atoms with Gasteiger partial charge in [-0.25, -0.2) is 0 Å². The van der Waals surface area contributed by atoms with Crippen molar-refractivity contribution >= 4 is 37.6 Å². The Morgan fingerprint density at radius 1 is 1.17 bits per heavy atom. The summed E-state index contributed by atoms with van der Waals surface area (Å²) in [7, 11) is 0. The molecule has 3 nitrogen and oxygen atoms in total. The van der Waals surface area contributed by atoms with Crippen LogP contribution < -0.4 is 4.74 Å². The van der Waals surface area contributed by atoms with Gasteiger partial charge in [-0.2, -0.15) is 0 Å². The van der Waals surface area contributed by atoms with E-state index in [1.165, 1.54) is 39.4 Å². The van der Waals surface area contributed by atoms with Crippen molar-refractivity contribution in [3.63, 3.8) is 0 Å². The highest BCUT2D eigenvalue weighted by Crippen LogP contribution is 2.45. The fourth-order valence-electron chi connectivity index (χ4n) is 4.69. The number of phenolic OH excluding ortho intramolecular Hbond substituents is 1. The van der Waals surface area contributed by atoms with E-state index in [0.29, 0.717) is 22.7 Å². The van der Waals surface area contributed by atoms with E-state index >= 15 is 0 Å². The van der Waals surface area contributed by atoms with Crippen LogP contribution in [0.5, 0.6) is 11.5 Å². The minimum Gasteiger partial charge on any atom is -0.503 e. The van der Waals surface area contributed by atoms with Gasteiger partial charge in [0.25, 0.3) is 0 Å². The number of benzene rings is 3. The zero-order valence-electron chi connectivity index (χ0n) is 17.2. The van der Waals surface area contributed by atoms with Gasteiger partial charge in [0.15, 0.2) is 11.5 Å². The van der Waals surface area contributed by atoms with Crippen molar-refractivity contribution in [1.29, 1.82) is 0 Å². The number of halogens is 1. The molecule has 0 saturated carbocycles. The number of hydrogen-bond acceptors (Lipinski definition) is 3. The van der Waals surface area contributed by atoms with Crippen LogP contribution in [-0.2, 0) is 12.8 Å². The third-order valence-corrected chi connectivity index (χ3v) is 6.71. The van der Waals surface area contributed by atoms with Crippen LogP contribution in [0, 0.1) is 5.92 Å². The molecule has 0 aliphatic heterocycles. The summed E-state index contributed by atoms with van der Waals surface area (Å²) in [6.45, 7) is 4.75. The van der Waals surface area contributed by atoms with Crippen molar-refractivity contribution < 1.29 is 9.84 Å². The van der Waals surface area contributed by atoms with Gasteiger partial charge >= 0.3 is 0 Å². The summed E-state index contributed by atoms with van der Waals surface area (Å²) in [6, 6.07) is 16.8. The first-order valence-electron chi connectivity index (χ1n) is 10.6. The third-order valence-electron chi connectivity index (χ3n) is 6.11. The first-order chi connectivity index (χ1) is 14.6. The molecule has 152 valence electrons. The Bertz CT molecular complexity index is 1280. The van der Waals surface area contributed by atoms with Crippen molar-refractivity contribution in [3.05, 3.63) is 64.3 Å². The van der Waals surface area contributed by atoms with Gasteiger partial charge < -0.3 is 9.84 Å². The summed E-state index contributed by atoms with van der Waals surface area (Å²) < 4.78 is 6.39. The van der Waals surface area contributed by atoms with E-state index in [-0.39, 0.29) is 5.75 Å². The second kappa shape index (κ2) is 7.59. The van der Waals surface area contributed by atoms with Crippen LogP contribution in [0.4, 0.5) is 0 Å². The Balaban J connectivity index is 1.92. The first-order valence-corrected chi connectivity index (χ1v) is 11.3. The topological polar surface area (TPSA) is 42.4 Å². The molecular weight excluding hydrogens is 438 g/mol. The van der Waals surface area contributed by atoms with Gasteiger partial charge in [-0.15, -0.1) is 0 Å². The van der Waals surface area contributed by atoms with Gasteiger partial charge in [0.1, 0.15) is 0 Å². The smallest absolute Gasteiger partial charge is 0.172 e. The Morgan fingerprint density at radius 2 is 2.00 bits per heavy atom.